The molecule has 1 aromatic rings. The van der Waals surface area contributed by atoms with Crippen LogP contribution in [0.25, 0.3) is 0 Å². The number of carbonyl (C=O) groups is 1. The highest BCUT2D eigenvalue weighted by molar-refractivity contribution is 7.89. The molecule has 1 aliphatic carbocycles. The van der Waals surface area contributed by atoms with E-state index in [1.165, 1.54) is 6.07 Å². The molecular weight excluding hydrogens is 290 g/mol. The zero-order chi connectivity index (χ0) is 15.7. The van der Waals surface area contributed by atoms with Gasteiger partial charge in [-0.25, -0.2) is 13.6 Å². The molecule has 0 aliphatic heterocycles. The molecule has 0 saturated heterocycles. The Labute approximate surface area is 124 Å². The van der Waals surface area contributed by atoms with Crippen molar-refractivity contribution in [3.8, 4) is 0 Å². The van der Waals surface area contributed by atoms with Gasteiger partial charge in [-0.1, -0.05) is 12.5 Å². The molecule has 1 saturated carbocycles. The van der Waals surface area contributed by atoms with E-state index in [-0.39, 0.29) is 16.2 Å². The van der Waals surface area contributed by atoms with Gasteiger partial charge in [0, 0.05) is 12.1 Å². The first-order chi connectivity index (χ1) is 9.77. The molecule has 0 unspecified atom stereocenters. The normalized spacial score (nSPS) is 17.1. The van der Waals surface area contributed by atoms with Crippen molar-refractivity contribution >= 4 is 21.6 Å². The number of benzene rings is 1. The highest BCUT2D eigenvalue weighted by Crippen LogP contribution is 2.43. The van der Waals surface area contributed by atoms with E-state index < -0.39 is 10.0 Å². The number of anilines is 1. The lowest BCUT2D eigenvalue weighted by atomic mass is 9.66. The van der Waals surface area contributed by atoms with Crippen molar-refractivity contribution in [1.29, 1.82) is 0 Å². The molecule has 1 amide bonds. The maximum Gasteiger partial charge on any atom is 0.238 e. The van der Waals surface area contributed by atoms with E-state index in [9.17, 15) is 13.2 Å². The molecule has 0 spiro atoms. The number of primary sulfonamides is 1. The van der Waals surface area contributed by atoms with Crippen molar-refractivity contribution in [3.63, 3.8) is 0 Å². The van der Waals surface area contributed by atoms with Gasteiger partial charge in [0.25, 0.3) is 0 Å². The van der Waals surface area contributed by atoms with Crippen LogP contribution in [0.3, 0.4) is 0 Å². The smallest absolute Gasteiger partial charge is 0.238 e. The zero-order valence-corrected chi connectivity index (χ0v) is 12.9. The average molecular weight is 311 g/mol. The fourth-order valence-corrected chi connectivity index (χ4v) is 3.53. The second kappa shape index (κ2) is 5.75. The summed E-state index contributed by atoms with van der Waals surface area (Å²) in [5, 5.41) is 7.92. The second-order valence-corrected chi connectivity index (χ2v) is 7.29. The van der Waals surface area contributed by atoms with Gasteiger partial charge in [0.1, 0.15) is 0 Å². The summed E-state index contributed by atoms with van der Waals surface area (Å²) in [6.07, 6.45) is 3.40. The maximum atomic E-state index is 12.1. The van der Waals surface area contributed by atoms with Gasteiger partial charge in [0.05, 0.1) is 4.90 Å². The molecule has 0 bridgehead atoms. The summed E-state index contributed by atoms with van der Waals surface area (Å²) in [6, 6.07) is 4.65. The summed E-state index contributed by atoms with van der Waals surface area (Å²) in [7, 11) is -3.80. The number of sulfonamides is 1. The molecule has 1 aliphatic rings. The van der Waals surface area contributed by atoms with Gasteiger partial charge in [-0.15, -0.1) is 0 Å². The lowest BCUT2D eigenvalue weighted by Crippen LogP contribution is -2.40. The van der Waals surface area contributed by atoms with Crippen LogP contribution in [0, 0.1) is 12.3 Å². The standard InChI is InChI=1S/C14H21N3O3S/c1-10-11(4-2-5-12(10)21(16,19)20)17-13(18)8-14(9-15)6-3-7-14/h2,4-5H,3,6-9,15H2,1H3,(H,17,18)(H2,16,19,20). The lowest BCUT2D eigenvalue weighted by molar-refractivity contribution is -0.119. The molecule has 1 aromatic carbocycles. The number of hydrogen-bond acceptors (Lipinski definition) is 4. The van der Waals surface area contributed by atoms with Crippen molar-refractivity contribution in [2.75, 3.05) is 11.9 Å². The van der Waals surface area contributed by atoms with Gasteiger partial charge >= 0.3 is 0 Å². The molecule has 0 aromatic heterocycles. The van der Waals surface area contributed by atoms with E-state index in [1.807, 2.05) is 0 Å². The summed E-state index contributed by atoms with van der Waals surface area (Å²) >= 11 is 0. The first-order valence-electron chi connectivity index (χ1n) is 6.90. The molecule has 0 heterocycles. The van der Waals surface area contributed by atoms with E-state index in [0.29, 0.717) is 24.2 Å². The van der Waals surface area contributed by atoms with E-state index in [1.54, 1.807) is 19.1 Å². The van der Waals surface area contributed by atoms with Crippen LogP contribution in [0.15, 0.2) is 23.1 Å². The van der Waals surface area contributed by atoms with Gasteiger partial charge in [-0.2, -0.15) is 0 Å². The summed E-state index contributed by atoms with van der Waals surface area (Å²) in [5.41, 5.74) is 6.58. The van der Waals surface area contributed by atoms with Crippen molar-refractivity contribution in [1.82, 2.24) is 0 Å². The monoisotopic (exact) mass is 311 g/mol. The van der Waals surface area contributed by atoms with Crippen molar-refractivity contribution in [2.24, 2.45) is 16.3 Å². The molecule has 6 nitrogen and oxygen atoms in total. The Kier molecular flexibility index (Phi) is 4.36. The minimum absolute atomic E-state index is 0.0254. The van der Waals surface area contributed by atoms with Crippen molar-refractivity contribution in [3.05, 3.63) is 23.8 Å². The second-order valence-electron chi connectivity index (χ2n) is 5.76. The Bertz CT molecular complexity index is 646. The highest BCUT2D eigenvalue weighted by atomic mass is 32.2. The van der Waals surface area contributed by atoms with Gasteiger partial charge < -0.3 is 11.1 Å². The van der Waals surface area contributed by atoms with Crippen LogP contribution in [0.2, 0.25) is 0 Å². The number of nitrogens with one attached hydrogen (secondary N) is 1. The molecule has 1 fully saturated rings. The van der Waals surface area contributed by atoms with Crippen molar-refractivity contribution in [2.45, 2.75) is 37.5 Å². The summed E-state index contributed by atoms with van der Waals surface area (Å²) < 4.78 is 22.9. The molecule has 0 atom stereocenters. The first-order valence-corrected chi connectivity index (χ1v) is 8.44. The fraction of sp³-hybridized carbons (Fsp3) is 0.500. The Hall–Kier alpha value is -1.44. The van der Waals surface area contributed by atoms with Gasteiger partial charge in [0.2, 0.25) is 15.9 Å². The Morgan fingerprint density at radius 3 is 2.52 bits per heavy atom. The third-order valence-electron chi connectivity index (χ3n) is 4.25. The molecule has 21 heavy (non-hydrogen) atoms. The number of rotatable bonds is 5. The molecule has 2 rings (SSSR count). The Morgan fingerprint density at radius 2 is 2.05 bits per heavy atom. The maximum absolute atomic E-state index is 12.1. The highest BCUT2D eigenvalue weighted by Gasteiger charge is 2.37. The summed E-state index contributed by atoms with van der Waals surface area (Å²) in [5.74, 6) is -0.144. The van der Waals surface area contributed by atoms with E-state index in [2.05, 4.69) is 5.32 Å². The quantitative estimate of drug-likeness (QED) is 0.755. The van der Waals surface area contributed by atoms with Crippen LogP contribution in [-0.2, 0) is 14.8 Å². The SMILES string of the molecule is Cc1c(NC(=O)CC2(CN)CCC2)cccc1S(N)(=O)=O. The molecule has 7 heteroatoms. The predicted octanol–water partition coefficient (Wildman–Crippen LogP) is 1.10. The predicted molar refractivity (Wildman–Crippen MR) is 81.1 cm³/mol. The summed E-state index contributed by atoms with van der Waals surface area (Å²) in [6.45, 7) is 2.12. The number of carbonyl (C=O) groups excluding carboxylic acids is 1. The van der Waals surface area contributed by atoms with E-state index in [4.69, 9.17) is 10.9 Å². The zero-order valence-electron chi connectivity index (χ0n) is 12.1. The van der Waals surface area contributed by atoms with E-state index in [0.717, 1.165) is 19.3 Å². The number of nitrogens with two attached hydrogens (primary N) is 2. The average Bonchev–Trinajstić information content (AvgIpc) is 2.35. The Morgan fingerprint density at radius 1 is 1.38 bits per heavy atom. The van der Waals surface area contributed by atoms with Crippen LogP contribution < -0.4 is 16.2 Å². The fourth-order valence-electron chi connectivity index (χ4n) is 2.72. The number of amides is 1. The Balaban J connectivity index is 2.15. The van der Waals surface area contributed by atoms with Gasteiger partial charge in [-0.3, -0.25) is 4.79 Å². The number of hydrogen-bond donors (Lipinski definition) is 3. The lowest BCUT2D eigenvalue weighted by Gasteiger charge is -2.40. The largest absolute Gasteiger partial charge is 0.330 e. The van der Waals surface area contributed by atoms with Gasteiger partial charge in [0.15, 0.2) is 0 Å². The van der Waals surface area contributed by atoms with Crippen LogP contribution in [0.4, 0.5) is 5.69 Å². The minimum atomic E-state index is -3.80. The third kappa shape index (κ3) is 3.42. The minimum Gasteiger partial charge on any atom is -0.330 e. The molecule has 0 radical (unpaired) electrons. The summed E-state index contributed by atoms with van der Waals surface area (Å²) in [4.78, 5) is 12.2. The van der Waals surface area contributed by atoms with Crippen LogP contribution in [-0.4, -0.2) is 20.9 Å². The molecular formula is C14H21N3O3S. The topological polar surface area (TPSA) is 115 Å². The van der Waals surface area contributed by atoms with Gasteiger partial charge in [-0.05, 0) is 49.4 Å². The first kappa shape index (κ1) is 15.9. The van der Waals surface area contributed by atoms with Crippen LogP contribution >= 0.6 is 0 Å². The van der Waals surface area contributed by atoms with E-state index >= 15 is 0 Å². The van der Waals surface area contributed by atoms with Crippen LogP contribution in [0.1, 0.15) is 31.2 Å². The van der Waals surface area contributed by atoms with Crippen LogP contribution in [0.5, 0.6) is 0 Å². The molecule has 116 valence electrons. The third-order valence-corrected chi connectivity index (χ3v) is 5.30. The van der Waals surface area contributed by atoms with Crippen molar-refractivity contribution < 1.29 is 13.2 Å². The molecule has 5 N–H and O–H groups in total.